The molecule has 0 radical (unpaired) electrons. The second kappa shape index (κ2) is 4.84. The minimum absolute atomic E-state index is 0.129. The number of benzene rings is 1. The van der Waals surface area contributed by atoms with Gasteiger partial charge in [-0.2, -0.15) is 5.10 Å². The number of nitrogens with zero attached hydrogens (tertiary/aromatic N) is 1. The van der Waals surface area contributed by atoms with Crippen molar-refractivity contribution >= 4 is 0 Å². The first-order valence-electron chi connectivity index (χ1n) is 6.96. The van der Waals surface area contributed by atoms with Crippen LogP contribution in [-0.4, -0.2) is 10.2 Å². The standard InChI is InChI=1S/C17H24N2/c1-11(2)13-7-8-14(15-10-18-19-12(15)3)16(9-13)17(4,5)6/h7-11H,1-6H3,(H,18,19). The van der Waals surface area contributed by atoms with E-state index in [-0.39, 0.29) is 5.41 Å². The Balaban J connectivity index is 2.65. The molecule has 0 atom stereocenters. The lowest BCUT2D eigenvalue weighted by Crippen LogP contribution is -2.13. The smallest absolute Gasteiger partial charge is 0.0669 e. The fourth-order valence-electron chi connectivity index (χ4n) is 2.41. The van der Waals surface area contributed by atoms with Crippen molar-refractivity contribution in [3.05, 3.63) is 41.2 Å². The molecule has 0 unspecified atom stereocenters. The molecular formula is C17H24N2. The quantitative estimate of drug-likeness (QED) is 0.821. The van der Waals surface area contributed by atoms with E-state index in [9.17, 15) is 0 Å². The zero-order valence-corrected chi connectivity index (χ0v) is 12.8. The zero-order chi connectivity index (χ0) is 14.2. The maximum absolute atomic E-state index is 4.25. The van der Waals surface area contributed by atoms with E-state index in [1.807, 2.05) is 6.20 Å². The molecule has 102 valence electrons. The minimum Gasteiger partial charge on any atom is -0.285 e. The van der Waals surface area contributed by atoms with Gasteiger partial charge in [0.1, 0.15) is 0 Å². The lowest BCUT2D eigenvalue weighted by molar-refractivity contribution is 0.590. The normalized spacial score (nSPS) is 12.2. The molecule has 0 saturated heterocycles. The van der Waals surface area contributed by atoms with Crippen molar-refractivity contribution < 1.29 is 0 Å². The van der Waals surface area contributed by atoms with Crippen molar-refractivity contribution in [3.63, 3.8) is 0 Å². The van der Waals surface area contributed by atoms with Gasteiger partial charge in [-0.05, 0) is 34.9 Å². The summed E-state index contributed by atoms with van der Waals surface area (Å²) >= 11 is 0. The summed E-state index contributed by atoms with van der Waals surface area (Å²) in [7, 11) is 0. The summed E-state index contributed by atoms with van der Waals surface area (Å²) in [6.45, 7) is 13.3. The van der Waals surface area contributed by atoms with Crippen LogP contribution in [0.15, 0.2) is 24.4 Å². The van der Waals surface area contributed by atoms with Gasteiger partial charge in [0.25, 0.3) is 0 Å². The van der Waals surface area contributed by atoms with Gasteiger partial charge in [-0.15, -0.1) is 0 Å². The highest BCUT2D eigenvalue weighted by molar-refractivity contribution is 5.70. The SMILES string of the molecule is Cc1n[nH]cc1-c1ccc(C(C)C)cc1C(C)(C)C. The molecule has 1 heterocycles. The van der Waals surface area contributed by atoms with Gasteiger partial charge in [-0.3, -0.25) is 5.10 Å². The van der Waals surface area contributed by atoms with Crippen LogP contribution in [0.25, 0.3) is 11.1 Å². The summed E-state index contributed by atoms with van der Waals surface area (Å²) in [4.78, 5) is 0. The van der Waals surface area contributed by atoms with E-state index in [1.54, 1.807) is 0 Å². The largest absolute Gasteiger partial charge is 0.285 e. The average Bonchev–Trinajstić information content (AvgIpc) is 2.73. The second-order valence-corrected chi connectivity index (χ2v) is 6.59. The summed E-state index contributed by atoms with van der Waals surface area (Å²) in [5.74, 6) is 0.556. The van der Waals surface area contributed by atoms with Gasteiger partial charge in [0.2, 0.25) is 0 Å². The number of hydrogen-bond acceptors (Lipinski definition) is 1. The molecule has 0 aliphatic heterocycles. The fourth-order valence-corrected chi connectivity index (χ4v) is 2.41. The summed E-state index contributed by atoms with van der Waals surface area (Å²) in [5.41, 5.74) is 6.48. The fraction of sp³-hybridized carbons (Fsp3) is 0.471. The maximum Gasteiger partial charge on any atom is 0.0669 e. The summed E-state index contributed by atoms with van der Waals surface area (Å²) < 4.78 is 0. The van der Waals surface area contributed by atoms with Crippen LogP contribution in [-0.2, 0) is 5.41 Å². The Kier molecular flexibility index (Phi) is 3.53. The molecule has 0 fully saturated rings. The van der Waals surface area contributed by atoms with E-state index in [1.165, 1.54) is 22.3 Å². The maximum atomic E-state index is 4.25. The van der Waals surface area contributed by atoms with Crippen molar-refractivity contribution in [3.8, 4) is 11.1 Å². The molecule has 1 N–H and O–H groups in total. The average molecular weight is 256 g/mol. The topological polar surface area (TPSA) is 28.7 Å². The van der Waals surface area contributed by atoms with Crippen LogP contribution < -0.4 is 0 Å². The number of aromatic nitrogens is 2. The van der Waals surface area contributed by atoms with Crippen molar-refractivity contribution in [2.45, 2.75) is 52.9 Å². The highest BCUT2D eigenvalue weighted by Gasteiger charge is 2.21. The van der Waals surface area contributed by atoms with Gasteiger partial charge in [0, 0.05) is 11.8 Å². The molecule has 0 spiro atoms. The first-order chi connectivity index (χ1) is 8.80. The molecular weight excluding hydrogens is 232 g/mol. The third-order valence-corrected chi connectivity index (χ3v) is 3.64. The third-order valence-electron chi connectivity index (χ3n) is 3.64. The molecule has 1 aromatic carbocycles. The molecule has 0 saturated carbocycles. The summed E-state index contributed by atoms with van der Waals surface area (Å²) in [6, 6.07) is 6.84. The van der Waals surface area contributed by atoms with E-state index >= 15 is 0 Å². The number of aryl methyl sites for hydroxylation is 1. The van der Waals surface area contributed by atoms with Gasteiger partial charge in [-0.1, -0.05) is 52.8 Å². The molecule has 1 aromatic heterocycles. The highest BCUT2D eigenvalue weighted by Crippen LogP contribution is 2.35. The Bertz CT molecular complexity index is 571. The van der Waals surface area contributed by atoms with Crippen LogP contribution in [0.5, 0.6) is 0 Å². The molecule has 2 nitrogen and oxygen atoms in total. The highest BCUT2D eigenvalue weighted by atomic mass is 15.1. The zero-order valence-electron chi connectivity index (χ0n) is 12.8. The first kappa shape index (κ1) is 13.9. The molecule has 0 amide bonds. The van der Waals surface area contributed by atoms with Crippen LogP contribution in [0.4, 0.5) is 0 Å². The predicted octanol–water partition coefficient (Wildman–Crippen LogP) is 4.81. The van der Waals surface area contributed by atoms with Gasteiger partial charge >= 0.3 is 0 Å². The van der Waals surface area contributed by atoms with Crippen molar-refractivity contribution in [1.29, 1.82) is 0 Å². The van der Waals surface area contributed by atoms with Crippen LogP contribution in [0.3, 0.4) is 0 Å². The Labute approximate surface area is 116 Å². The van der Waals surface area contributed by atoms with E-state index in [4.69, 9.17) is 0 Å². The van der Waals surface area contributed by atoms with Gasteiger partial charge < -0.3 is 0 Å². The van der Waals surface area contributed by atoms with E-state index < -0.39 is 0 Å². The van der Waals surface area contributed by atoms with Crippen LogP contribution in [0, 0.1) is 6.92 Å². The Hall–Kier alpha value is -1.57. The van der Waals surface area contributed by atoms with E-state index in [0.717, 1.165) is 5.69 Å². The van der Waals surface area contributed by atoms with Gasteiger partial charge in [-0.25, -0.2) is 0 Å². The molecule has 2 rings (SSSR count). The monoisotopic (exact) mass is 256 g/mol. The lowest BCUT2D eigenvalue weighted by Gasteiger charge is -2.24. The van der Waals surface area contributed by atoms with E-state index in [0.29, 0.717) is 5.92 Å². The van der Waals surface area contributed by atoms with Crippen molar-refractivity contribution in [2.24, 2.45) is 0 Å². The molecule has 2 aromatic rings. The number of nitrogens with one attached hydrogen (secondary N) is 1. The lowest BCUT2D eigenvalue weighted by atomic mass is 9.80. The van der Waals surface area contributed by atoms with Gasteiger partial charge in [0.05, 0.1) is 5.69 Å². The van der Waals surface area contributed by atoms with Crippen molar-refractivity contribution in [2.75, 3.05) is 0 Å². The minimum atomic E-state index is 0.129. The van der Waals surface area contributed by atoms with Crippen LogP contribution >= 0.6 is 0 Å². The Morgan fingerprint density at radius 3 is 2.26 bits per heavy atom. The molecule has 2 heteroatoms. The first-order valence-corrected chi connectivity index (χ1v) is 6.96. The second-order valence-electron chi connectivity index (χ2n) is 6.59. The number of aromatic amines is 1. The third kappa shape index (κ3) is 2.73. The van der Waals surface area contributed by atoms with Crippen LogP contribution in [0.1, 0.15) is 57.4 Å². The number of hydrogen-bond donors (Lipinski definition) is 1. The van der Waals surface area contributed by atoms with Crippen molar-refractivity contribution in [1.82, 2.24) is 10.2 Å². The van der Waals surface area contributed by atoms with Crippen LogP contribution in [0.2, 0.25) is 0 Å². The Morgan fingerprint density at radius 2 is 1.79 bits per heavy atom. The summed E-state index contributed by atoms with van der Waals surface area (Å²) in [6.07, 6.45) is 1.99. The number of H-pyrrole nitrogens is 1. The van der Waals surface area contributed by atoms with Gasteiger partial charge in [0.15, 0.2) is 0 Å². The molecule has 0 bridgehead atoms. The molecule has 19 heavy (non-hydrogen) atoms. The summed E-state index contributed by atoms with van der Waals surface area (Å²) in [5, 5.41) is 7.21. The molecule has 0 aliphatic rings. The predicted molar refractivity (Wildman–Crippen MR) is 81.5 cm³/mol. The van der Waals surface area contributed by atoms with E-state index in [2.05, 4.69) is 69.9 Å². The molecule has 0 aliphatic carbocycles. The Morgan fingerprint density at radius 1 is 1.11 bits per heavy atom. The number of rotatable bonds is 2.